The van der Waals surface area contributed by atoms with Crippen LogP contribution in [-0.4, -0.2) is 30.8 Å². The molecule has 2 aromatic carbocycles. The number of aromatic nitrogens is 2. The second-order valence-electron chi connectivity index (χ2n) is 6.01. The van der Waals surface area contributed by atoms with Crippen molar-refractivity contribution in [3.8, 4) is 11.8 Å². The lowest BCUT2D eigenvalue weighted by atomic mass is 10.2. The number of hydrogen-bond acceptors (Lipinski definition) is 6. The third-order valence-corrected chi connectivity index (χ3v) is 5.98. The molecule has 0 N–H and O–H groups in total. The summed E-state index contributed by atoms with van der Waals surface area (Å²) in [7, 11) is -4.12. The quantitative estimate of drug-likeness (QED) is 0.422. The van der Waals surface area contributed by atoms with Crippen LogP contribution in [0.4, 0.5) is 0 Å². The number of halogens is 1. The number of carbonyl (C=O) groups is 1. The fraction of sp³-hybridized carbons (Fsp3) is 0.0952. The van der Waals surface area contributed by atoms with Crippen molar-refractivity contribution in [3.05, 3.63) is 82.0 Å². The average molecular weight is 442 g/mol. The highest BCUT2D eigenvalue weighted by Gasteiger charge is 2.24. The Morgan fingerprint density at radius 1 is 1.20 bits per heavy atom. The summed E-state index contributed by atoms with van der Waals surface area (Å²) in [6, 6.07) is 16.1. The van der Waals surface area contributed by atoms with Gasteiger partial charge in [-0.05, 0) is 49.4 Å². The van der Waals surface area contributed by atoms with E-state index >= 15 is 0 Å². The highest BCUT2D eigenvalue weighted by Crippen LogP contribution is 2.24. The van der Waals surface area contributed by atoms with E-state index in [0.29, 0.717) is 10.7 Å². The van der Waals surface area contributed by atoms with Gasteiger partial charge < -0.3 is 4.74 Å². The molecule has 0 radical (unpaired) electrons. The van der Waals surface area contributed by atoms with Gasteiger partial charge in [0.05, 0.1) is 17.2 Å². The predicted octanol–water partition coefficient (Wildman–Crippen LogP) is 4.04. The molecule has 30 heavy (non-hydrogen) atoms. The summed E-state index contributed by atoms with van der Waals surface area (Å²) in [6.45, 7) is 1.77. The first kappa shape index (κ1) is 21.3. The summed E-state index contributed by atoms with van der Waals surface area (Å²) in [5.74, 6) is -0.723. The Labute approximate surface area is 178 Å². The average Bonchev–Trinajstić information content (AvgIpc) is 3.17. The molecule has 0 unspecified atom stereocenters. The van der Waals surface area contributed by atoms with Crippen LogP contribution in [0.3, 0.4) is 0 Å². The molecule has 0 atom stereocenters. The van der Waals surface area contributed by atoms with Gasteiger partial charge in [-0.15, -0.1) is 0 Å². The summed E-state index contributed by atoms with van der Waals surface area (Å²) in [5.41, 5.74) is 0.702. The van der Waals surface area contributed by atoms with Crippen LogP contribution in [0.1, 0.15) is 23.0 Å². The standard InChI is InChI=1S/C21H16ClN3O4S/c1-2-29-21(26)20-15(14-25(24-20)17-6-4-3-5-7-17)12-19(13-23)30(27,28)18-10-8-16(22)9-11-18/h3-12,14H,2H2,1H3/b19-12-. The van der Waals surface area contributed by atoms with Gasteiger partial charge >= 0.3 is 5.97 Å². The number of rotatable bonds is 6. The van der Waals surface area contributed by atoms with Crippen LogP contribution in [0.2, 0.25) is 5.02 Å². The van der Waals surface area contributed by atoms with Gasteiger partial charge in [0.25, 0.3) is 0 Å². The van der Waals surface area contributed by atoms with Gasteiger partial charge in [0.2, 0.25) is 9.84 Å². The van der Waals surface area contributed by atoms with Crippen molar-refractivity contribution < 1.29 is 17.9 Å². The molecule has 3 aromatic rings. The van der Waals surface area contributed by atoms with Crippen LogP contribution in [0.25, 0.3) is 11.8 Å². The van der Waals surface area contributed by atoms with Crippen LogP contribution in [0.5, 0.6) is 0 Å². The molecular formula is C21H16ClN3O4S. The van der Waals surface area contributed by atoms with Crippen LogP contribution in [-0.2, 0) is 14.6 Å². The number of ether oxygens (including phenoxy) is 1. The molecule has 0 aliphatic rings. The van der Waals surface area contributed by atoms with E-state index in [9.17, 15) is 18.5 Å². The summed E-state index contributed by atoms with van der Waals surface area (Å²) >= 11 is 5.81. The molecule has 7 nitrogen and oxygen atoms in total. The van der Waals surface area contributed by atoms with E-state index in [1.165, 1.54) is 35.1 Å². The maximum Gasteiger partial charge on any atom is 0.359 e. The minimum absolute atomic E-state index is 0.0900. The minimum atomic E-state index is -4.12. The maximum atomic E-state index is 12.9. The molecule has 3 rings (SSSR count). The zero-order valence-electron chi connectivity index (χ0n) is 15.8. The number of allylic oxidation sites excluding steroid dienone is 1. The summed E-state index contributed by atoms with van der Waals surface area (Å²) in [5, 5.41) is 14.1. The molecule has 0 bridgehead atoms. The van der Waals surface area contributed by atoms with Crippen molar-refractivity contribution >= 4 is 33.5 Å². The normalized spacial score (nSPS) is 11.7. The minimum Gasteiger partial charge on any atom is -0.461 e. The number of para-hydroxylation sites is 1. The van der Waals surface area contributed by atoms with E-state index in [2.05, 4.69) is 5.10 Å². The lowest BCUT2D eigenvalue weighted by Gasteiger charge is -2.03. The number of sulfone groups is 1. The highest BCUT2D eigenvalue weighted by atomic mass is 35.5. The smallest absolute Gasteiger partial charge is 0.359 e. The number of carbonyl (C=O) groups excluding carboxylic acids is 1. The topological polar surface area (TPSA) is 102 Å². The number of esters is 1. The van der Waals surface area contributed by atoms with Crippen molar-refractivity contribution in [1.29, 1.82) is 5.26 Å². The molecule has 152 valence electrons. The van der Waals surface area contributed by atoms with Crippen molar-refractivity contribution in [2.24, 2.45) is 0 Å². The molecule has 0 aliphatic carbocycles. The zero-order chi connectivity index (χ0) is 21.7. The monoisotopic (exact) mass is 441 g/mol. The Morgan fingerprint density at radius 2 is 1.87 bits per heavy atom. The van der Waals surface area contributed by atoms with Gasteiger partial charge in [0, 0.05) is 16.8 Å². The van der Waals surface area contributed by atoms with Gasteiger partial charge in [-0.25, -0.2) is 17.9 Å². The second-order valence-corrected chi connectivity index (χ2v) is 8.37. The number of nitrogens with zero attached hydrogens (tertiary/aromatic N) is 3. The fourth-order valence-corrected chi connectivity index (χ4v) is 3.89. The molecule has 9 heteroatoms. The molecule has 0 fully saturated rings. The fourth-order valence-electron chi connectivity index (χ4n) is 2.62. The molecule has 0 amide bonds. The van der Waals surface area contributed by atoms with E-state index in [-0.39, 0.29) is 22.8 Å². The van der Waals surface area contributed by atoms with Crippen LogP contribution < -0.4 is 0 Å². The highest BCUT2D eigenvalue weighted by molar-refractivity contribution is 7.95. The zero-order valence-corrected chi connectivity index (χ0v) is 17.4. The first-order chi connectivity index (χ1) is 14.4. The number of benzene rings is 2. The Morgan fingerprint density at radius 3 is 2.47 bits per heavy atom. The third kappa shape index (κ3) is 4.43. The van der Waals surface area contributed by atoms with Gasteiger partial charge in [-0.2, -0.15) is 10.4 Å². The van der Waals surface area contributed by atoms with Crippen molar-refractivity contribution in [1.82, 2.24) is 9.78 Å². The van der Waals surface area contributed by atoms with E-state index in [1.807, 2.05) is 6.07 Å². The van der Waals surface area contributed by atoms with E-state index in [0.717, 1.165) is 6.08 Å². The van der Waals surface area contributed by atoms with Crippen LogP contribution in [0, 0.1) is 11.3 Å². The van der Waals surface area contributed by atoms with E-state index in [4.69, 9.17) is 16.3 Å². The Hall–Kier alpha value is -3.41. The van der Waals surface area contributed by atoms with Crippen molar-refractivity contribution in [2.45, 2.75) is 11.8 Å². The van der Waals surface area contributed by atoms with Crippen molar-refractivity contribution in [2.75, 3.05) is 6.61 Å². The number of nitriles is 1. The largest absolute Gasteiger partial charge is 0.461 e. The summed E-state index contributed by atoms with van der Waals surface area (Å²) < 4.78 is 32.2. The first-order valence-corrected chi connectivity index (χ1v) is 10.7. The van der Waals surface area contributed by atoms with Crippen LogP contribution in [0.15, 0.2) is 70.6 Å². The molecule has 1 heterocycles. The molecule has 0 saturated heterocycles. The second kappa shape index (κ2) is 8.95. The molecule has 1 aromatic heterocycles. The third-order valence-electron chi connectivity index (χ3n) is 4.04. The molecule has 0 saturated carbocycles. The SMILES string of the molecule is CCOC(=O)c1nn(-c2ccccc2)cc1/C=C(/C#N)S(=O)(=O)c1ccc(Cl)cc1. The van der Waals surface area contributed by atoms with Gasteiger partial charge in [0.1, 0.15) is 11.0 Å². The Bertz CT molecular complexity index is 1240. The van der Waals surface area contributed by atoms with Crippen LogP contribution >= 0.6 is 11.6 Å². The van der Waals surface area contributed by atoms with Gasteiger partial charge in [-0.3, -0.25) is 0 Å². The van der Waals surface area contributed by atoms with Crippen molar-refractivity contribution in [3.63, 3.8) is 0 Å². The predicted molar refractivity (Wildman–Crippen MR) is 112 cm³/mol. The maximum absolute atomic E-state index is 12.9. The number of hydrogen-bond donors (Lipinski definition) is 0. The lowest BCUT2D eigenvalue weighted by Crippen LogP contribution is -2.08. The molecule has 0 aliphatic heterocycles. The lowest BCUT2D eigenvalue weighted by molar-refractivity contribution is 0.0518. The van der Waals surface area contributed by atoms with Gasteiger partial charge in [0.15, 0.2) is 5.69 Å². The first-order valence-electron chi connectivity index (χ1n) is 8.81. The Balaban J connectivity index is 2.13. The van der Waals surface area contributed by atoms with E-state index in [1.54, 1.807) is 37.3 Å². The summed E-state index contributed by atoms with van der Waals surface area (Å²) in [4.78, 5) is 11.7. The Kier molecular flexibility index (Phi) is 6.35. The molecular weight excluding hydrogens is 426 g/mol. The summed E-state index contributed by atoms with van der Waals surface area (Å²) in [6.07, 6.45) is 2.58. The molecule has 0 spiro atoms. The van der Waals surface area contributed by atoms with Gasteiger partial charge in [-0.1, -0.05) is 29.8 Å². The van der Waals surface area contributed by atoms with E-state index < -0.39 is 20.7 Å².